The molecular weight excluding hydrogens is 266 g/mol. The van der Waals surface area contributed by atoms with E-state index in [-0.39, 0.29) is 0 Å². The van der Waals surface area contributed by atoms with Crippen LogP contribution in [0, 0.1) is 0 Å². The van der Waals surface area contributed by atoms with Crippen molar-refractivity contribution in [2.45, 2.75) is 20.3 Å². The lowest BCUT2D eigenvalue weighted by molar-refractivity contribution is 1.15. The molecule has 0 bridgehead atoms. The van der Waals surface area contributed by atoms with Crippen LogP contribution in [-0.4, -0.2) is 16.5 Å². The largest absolute Gasteiger partial charge is 0.370 e. The first-order chi connectivity index (χ1) is 9.81. The molecule has 0 aliphatic heterocycles. The van der Waals surface area contributed by atoms with E-state index in [9.17, 15) is 0 Å². The van der Waals surface area contributed by atoms with Gasteiger partial charge in [0.05, 0.1) is 5.39 Å². The lowest BCUT2D eigenvalue weighted by atomic mass is 10.2. The number of aromatic nitrogens is 2. The summed E-state index contributed by atoms with van der Waals surface area (Å²) in [7, 11) is 0. The predicted octanol–water partition coefficient (Wildman–Crippen LogP) is 4.35. The minimum absolute atomic E-state index is 0.790. The minimum Gasteiger partial charge on any atom is -0.370 e. The molecular formula is C16H17N3S. The van der Waals surface area contributed by atoms with Gasteiger partial charge in [0.15, 0.2) is 5.82 Å². The standard InChI is InChI=1S/C16H17N3S/c1-3-12-10-13-15(17-4-2)18-14(19-16(13)20-12)11-8-6-5-7-9-11/h5-10H,3-4H2,1-2H3,(H,17,18,19). The van der Waals surface area contributed by atoms with Crippen molar-refractivity contribution in [2.24, 2.45) is 0 Å². The normalized spacial score (nSPS) is 10.9. The molecule has 0 saturated heterocycles. The zero-order valence-corrected chi connectivity index (χ0v) is 12.5. The van der Waals surface area contributed by atoms with Gasteiger partial charge in [0, 0.05) is 17.0 Å². The maximum absolute atomic E-state index is 4.72. The average molecular weight is 283 g/mol. The quantitative estimate of drug-likeness (QED) is 0.773. The Labute approximate surface area is 122 Å². The van der Waals surface area contributed by atoms with Crippen LogP contribution in [0.2, 0.25) is 0 Å². The highest BCUT2D eigenvalue weighted by atomic mass is 32.1. The van der Waals surface area contributed by atoms with Crippen LogP contribution in [-0.2, 0) is 6.42 Å². The molecule has 1 N–H and O–H groups in total. The van der Waals surface area contributed by atoms with E-state index in [4.69, 9.17) is 9.97 Å². The maximum Gasteiger partial charge on any atom is 0.163 e. The summed E-state index contributed by atoms with van der Waals surface area (Å²) in [6.45, 7) is 5.12. The first-order valence-electron chi connectivity index (χ1n) is 6.91. The number of anilines is 1. The Bertz CT molecular complexity index is 719. The van der Waals surface area contributed by atoms with Crippen molar-refractivity contribution < 1.29 is 0 Å². The third-order valence-corrected chi connectivity index (χ3v) is 4.34. The summed E-state index contributed by atoms with van der Waals surface area (Å²) in [5.41, 5.74) is 1.06. The molecule has 3 aromatic rings. The third kappa shape index (κ3) is 2.39. The van der Waals surface area contributed by atoms with Gasteiger partial charge in [-0.2, -0.15) is 0 Å². The summed E-state index contributed by atoms with van der Waals surface area (Å²) in [4.78, 5) is 11.8. The molecule has 0 radical (unpaired) electrons. The molecule has 4 heteroatoms. The van der Waals surface area contributed by atoms with Crippen molar-refractivity contribution in [3.8, 4) is 11.4 Å². The van der Waals surface area contributed by atoms with Crippen molar-refractivity contribution in [1.29, 1.82) is 0 Å². The molecule has 3 rings (SSSR count). The molecule has 0 atom stereocenters. The summed E-state index contributed by atoms with van der Waals surface area (Å²) in [6, 6.07) is 12.3. The summed E-state index contributed by atoms with van der Waals surface area (Å²) in [5.74, 6) is 1.73. The number of aryl methyl sites for hydroxylation is 1. The second-order valence-corrected chi connectivity index (χ2v) is 5.69. The Kier molecular flexibility index (Phi) is 3.65. The highest BCUT2D eigenvalue weighted by Crippen LogP contribution is 2.31. The van der Waals surface area contributed by atoms with Crippen LogP contribution >= 0.6 is 11.3 Å². The van der Waals surface area contributed by atoms with E-state index >= 15 is 0 Å². The van der Waals surface area contributed by atoms with E-state index in [1.165, 1.54) is 4.88 Å². The molecule has 3 nitrogen and oxygen atoms in total. The van der Waals surface area contributed by atoms with Gasteiger partial charge in [-0.05, 0) is 19.4 Å². The molecule has 102 valence electrons. The fourth-order valence-corrected chi connectivity index (χ4v) is 3.13. The van der Waals surface area contributed by atoms with E-state index in [2.05, 4.69) is 25.2 Å². The third-order valence-electron chi connectivity index (χ3n) is 3.17. The average Bonchev–Trinajstić information content (AvgIpc) is 2.92. The van der Waals surface area contributed by atoms with Crippen LogP contribution in [0.25, 0.3) is 21.6 Å². The zero-order valence-electron chi connectivity index (χ0n) is 11.7. The molecule has 1 aromatic carbocycles. The Morgan fingerprint density at radius 3 is 2.60 bits per heavy atom. The van der Waals surface area contributed by atoms with Gasteiger partial charge in [0.1, 0.15) is 10.6 Å². The smallest absolute Gasteiger partial charge is 0.163 e. The lowest BCUT2D eigenvalue weighted by Gasteiger charge is -2.06. The van der Waals surface area contributed by atoms with E-state index in [0.717, 1.165) is 40.4 Å². The van der Waals surface area contributed by atoms with Gasteiger partial charge >= 0.3 is 0 Å². The van der Waals surface area contributed by atoms with Crippen molar-refractivity contribution in [3.63, 3.8) is 0 Å². The Morgan fingerprint density at radius 1 is 1.10 bits per heavy atom. The molecule has 0 aliphatic rings. The number of benzene rings is 1. The molecule has 0 saturated carbocycles. The second kappa shape index (κ2) is 5.59. The maximum atomic E-state index is 4.72. The molecule has 0 amide bonds. The van der Waals surface area contributed by atoms with Gasteiger partial charge in [-0.25, -0.2) is 9.97 Å². The van der Waals surface area contributed by atoms with E-state index < -0.39 is 0 Å². The first-order valence-corrected chi connectivity index (χ1v) is 7.73. The van der Waals surface area contributed by atoms with Crippen LogP contribution in [0.3, 0.4) is 0 Å². The highest BCUT2D eigenvalue weighted by molar-refractivity contribution is 7.18. The Morgan fingerprint density at radius 2 is 1.90 bits per heavy atom. The van der Waals surface area contributed by atoms with Gasteiger partial charge in [-0.15, -0.1) is 11.3 Å². The summed E-state index contributed by atoms with van der Waals surface area (Å²) >= 11 is 1.76. The van der Waals surface area contributed by atoms with Gasteiger partial charge in [0.25, 0.3) is 0 Å². The van der Waals surface area contributed by atoms with Crippen molar-refractivity contribution >= 4 is 27.4 Å². The molecule has 2 heterocycles. The Balaban J connectivity index is 2.19. The topological polar surface area (TPSA) is 37.8 Å². The van der Waals surface area contributed by atoms with Gasteiger partial charge < -0.3 is 5.32 Å². The number of nitrogens with one attached hydrogen (secondary N) is 1. The minimum atomic E-state index is 0.790. The van der Waals surface area contributed by atoms with E-state index in [1.807, 2.05) is 30.3 Å². The van der Waals surface area contributed by atoms with Crippen LogP contribution < -0.4 is 5.32 Å². The molecule has 0 spiro atoms. The summed E-state index contributed by atoms with van der Waals surface area (Å²) < 4.78 is 0. The number of hydrogen-bond acceptors (Lipinski definition) is 4. The van der Waals surface area contributed by atoms with Crippen molar-refractivity contribution in [2.75, 3.05) is 11.9 Å². The summed E-state index contributed by atoms with van der Waals surface area (Å²) in [5, 5.41) is 4.49. The predicted molar refractivity (Wildman–Crippen MR) is 86.4 cm³/mol. The second-order valence-electron chi connectivity index (χ2n) is 4.58. The molecule has 0 unspecified atom stereocenters. The highest BCUT2D eigenvalue weighted by Gasteiger charge is 2.11. The van der Waals surface area contributed by atoms with Gasteiger partial charge in [-0.1, -0.05) is 37.3 Å². The number of hydrogen-bond donors (Lipinski definition) is 1. The fraction of sp³-hybridized carbons (Fsp3) is 0.250. The summed E-state index contributed by atoms with van der Waals surface area (Å²) in [6.07, 6.45) is 1.03. The van der Waals surface area contributed by atoms with E-state index in [0.29, 0.717) is 0 Å². The van der Waals surface area contributed by atoms with Crippen molar-refractivity contribution in [1.82, 2.24) is 9.97 Å². The SMILES string of the molecule is CCNc1nc(-c2ccccc2)nc2sc(CC)cc12. The molecule has 0 aliphatic carbocycles. The molecule has 20 heavy (non-hydrogen) atoms. The number of thiophene rings is 1. The van der Waals surface area contributed by atoms with Crippen LogP contribution in [0.4, 0.5) is 5.82 Å². The van der Waals surface area contributed by atoms with Gasteiger partial charge in [-0.3, -0.25) is 0 Å². The van der Waals surface area contributed by atoms with Crippen molar-refractivity contribution in [3.05, 3.63) is 41.3 Å². The number of rotatable bonds is 4. The number of fused-ring (bicyclic) bond motifs is 1. The lowest BCUT2D eigenvalue weighted by Crippen LogP contribution is -2.01. The first kappa shape index (κ1) is 13.1. The zero-order chi connectivity index (χ0) is 13.9. The molecule has 2 aromatic heterocycles. The molecule has 0 fully saturated rings. The van der Waals surface area contributed by atoms with Crippen LogP contribution in [0.1, 0.15) is 18.7 Å². The Hall–Kier alpha value is -1.94. The monoisotopic (exact) mass is 283 g/mol. The van der Waals surface area contributed by atoms with Gasteiger partial charge in [0.2, 0.25) is 0 Å². The van der Waals surface area contributed by atoms with Crippen LogP contribution in [0.15, 0.2) is 36.4 Å². The van der Waals surface area contributed by atoms with Crippen LogP contribution in [0.5, 0.6) is 0 Å². The van der Waals surface area contributed by atoms with E-state index in [1.54, 1.807) is 11.3 Å². The number of nitrogens with zero attached hydrogens (tertiary/aromatic N) is 2. The fourth-order valence-electron chi connectivity index (χ4n) is 2.16.